The summed E-state index contributed by atoms with van der Waals surface area (Å²) in [6.07, 6.45) is 4.92. The number of rotatable bonds is 2. The normalized spacial score (nSPS) is 16.0. The molecule has 0 saturated carbocycles. The molecule has 1 heterocycles. The smallest absolute Gasteiger partial charge is 0.0208 e. The quantitative estimate of drug-likeness (QED) is 0.709. The summed E-state index contributed by atoms with van der Waals surface area (Å²) in [5.41, 5.74) is 2.63. The van der Waals surface area contributed by atoms with Crippen LogP contribution < -0.4 is 5.32 Å². The van der Waals surface area contributed by atoms with Gasteiger partial charge in [0.25, 0.3) is 0 Å². The van der Waals surface area contributed by atoms with E-state index in [2.05, 4.69) is 39.2 Å². The largest absolute Gasteiger partial charge is 0.312 e. The summed E-state index contributed by atoms with van der Waals surface area (Å²) in [7, 11) is 0. The third-order valence-corrected chi connectivity index (χ3v) is 1.79. The molecule has 0 aliphatic carbocycles. The molecule has 0 spiro atoms. The molecule has 0 aromatic heterocycles. The van der Waals surface area contributed by atoms with E-state index in [4.69, 9.17) is 0 Å². The van der Waals surface area contributed by atoms with E-state index >= 15 is 0 Å². The summed E-state index contributed by atoms with van der Waals surface area (Å²) in [6.45, 7) is 16.0. The highest BCUT2D eigenvalue weighted by molar-refractivity contribution is 5.34. The lowest BCUT2D eigenvalue weighted by atomic mass is 10.0. The Hall–Kier alpha value is -0.820. The lowest BCUT2D eigenvalue weighted by Gasteiger charge is -2.15. The molecule has 0 saturated heterocycles. The van der Waals surface area contributed by atoms with Crippen molar-refractivity contribution in [3.63, 3.8) is 0 Å². The zero-order chi connectivity index (χ0) is 11.0. The zero-order valence-electron chi connectivity index (χ0n) is 9.77. The maximum Gasteiger partial charge on any atom is 0.0208 e. The molecule has 0 aromatic rings. The summed E-state index contributed by atoms with van der Waals surface area (Å²) in [5.74, 6) is 0.833. The van der Waals surface area contributed by atoms with Crippen molar-refractivity contribution in [1.82, 2.24) is 5.32 Å². The predicted octanol–water partition coefficient (Wildman–Crippen LogP) is 3.31. The van der Waals surface area contributed by atoms with E-state index in [0.717, 1.165) is 25.4 Å². The van der Waals surface area contributed by atoms with Crippen LogP contribution in [0.15, 0.2) is 36.5 Å². The van der Waals surface area contributed by atoms with Crippen LogP contribution in [0.5, 0.6) is 0 Å². The van der Waals surface area contributed by atoms with Gasteiger partial charge in [-0.1, -0.05) is 46.1 Å². The van der Waals surface area contributed by atoms with Gasteiger partial charge in [-0.15, -0.1) is 0 Å². The number of hydrogen-bond donors (Lipinski definition) is 1. The molecule has 0 fully saturated rings. The molecule has 0 amide bonds. The summed E-state index contributed by atoms with van der Waals surface area (Å²) >= 11 is 0. The molecule has 0 atom stereocenters. The maximum absolute atomic E-state index is 3.75. The predicted molar refractivity (Wildman–Crippen MR) is 65.4 cm³/mol. The van der Waals surface area contributed by atoms with Gasteiger partial charge in [0.05, 0.1) is 0 Å². The van der Waals surface area contributed by atoms with E-state index < -0.39 is 0 Å². The Morgan fingerprint density at radius 3 is 2.00 bits per heavy atom. The molecule has 0 radical (unpaired) electrons. The van der Waals surface area contributed by atoms with Crippen LogP contribution in [0.1, 0.15) is 27.2 Å². The van der Waals surface area contributed by atoms with Gasteiger partial charge in [0.2, 0.25) is 0 Å². The van der Waals surface area contributed by atoms with Crippen LogP contribution in [0.3, 0.4) is 0 Å². The Bertz CT molecular complexity index is 189. The molecule has 1 heteroatoms. The molecule has 1 rings (SSSR count). The number of nitrogens with one attached hydrogen (secondary N) is 1. The monoisotopic (exact) mass is 193 g/mol. The van der Waals surface area contributed by atoms with E-state index in [-0.39, 0.29) is 0 Å². The molecule has 1 aliphatic heterocycles. The van der Waals surface area contributed by atoms with Crippen molar-refractivity contribution in [2.24, 2.45) is 5.92 Å². The summed E-state index contributed by atoms with van der Waals surface area (Å²) in [4.78, 5) is 0. The van der Waals surface area contributed by atoms with E-state index in [9.17, 15) is 0 Å². The Kier molecular flexibility index (Phi) is 7.13. The van der Waals surface area contributed by atoms with E-state index in [0.29, 0.717) is 0 Å². The first-order valence-corrected chi connectivity index (χ1v) is 5.29. The fourth-order valence-corrected chi connectivity index (χ4v) is 1.16. The van der Waals surface area contributed by atoms with Crippen LogP contribution in [0.2, 0.25) is 0 Å². The number of allylic oxidation sites excluding steroid dienone is 1. The Balaban J connectivity index is 0.000000364. The topological polar surface area (TPSA) is 12.0 Å². The van der Waals surface area contributed by atoms with Crippen molar-refractivity contribution in [2.75, 3.05) is 13.1 Å². The highest BCUT2D eigenvalue weighted by Crippen LogP contribution is 2.13. The molecule has 80 valence electrons. The highest BCUT2D eigenvalue weighted by atomic mass is 14.9. The summed E-state index contributed by atoms with van der Waals surface area (Å²) in [5, 5.41) is 3.27. The van der Waals surface area contributed by atoms with Crippen molar-refractivity contribution < 1.29 is 0 Å². The van der Waals surface area contributed by atoms with Crippen LogP contribution in [0, 0.1) is 5.92 Å². The minimum absolute atomic E-state index is 0.833. The second-order valence-electron chi connectivity index (χ2n) is 4.12. The second-order valence-corrected chi connectivity index (χ2v) is 4.12. The first kappa shape index (κ1) is 13.2. The van der Waals surface area contributed by atoms with Crippen molar-refractivity contribution in [1.29, 1.82) is 0 Å². The molecule has 1 N–H and O–H groups in total. The van der Waals surface area contributed by atoms with Gasteiger partial charge in [-0.2, -0.15) is 0 Å². The fraction of sp³-hybridized carbons (Fsp3) is 0.538. The number of hydrogen-bond acceptors (Lipinski definition) is 1. The van der Waals surface area contributed by atoms with Crippen molar-refractivity contribution in [3.05, 3.63) is 36.5 Å². The molecule has 0 unspecified atom stereocenters. The van der Waals surface area contributed by atoms with Crippen molar-refractivity contribution >= 4 is 0 Å². The molecular formula is C13H23N. The summed E-state index contributed by atoms with van der Waals surface area (Å²) < 4.78 is 0. The van der Waals surface area contributed by atoms with Gasteiger partial charge in [-0.25, -0.2) is 0 Å². The standard InChI is InChI=1S/C9H13N.C4H10/c1-3-8-5-6-10-7-9(8)4-2;1-4(2)3/h3-4,10H,1-2,5-7H2;4H,1-3H3. The maximum atomic E-state index is 3.75. The van der Waals surface area contributed by atoms with Crippen LogP contribution in [0.4, 0.5) is 0 Å². The van der Waals surface area contributed by atoms with Crippen LogP contribution in [-0.2, 0) is 0 Å². The van der Waals surface area contributed by atoms with E-state index in [1.807, 2.05) is 12.2 Å². The third kappa shape index (κ3) is 5.76. The SMILES string of the molecule is C=CC1=C(C=C)CNCC1.CC(C)C. The van der Waals surface area contributed by atoms with Gasteiger partial charge >= 0.3 is 0 Å². The molecular weight excluding hydrogens is 170 g/mol. The van der Waals surface area contributed by atoms with Gasteiger partial charge < -0.3 is 5.32 Å². The average molecular weight is 193 g/mol. The molecule has 1 nitrogen and oxygen atoms in total. The van der Waals surface area contributed by atoms with Crippen LogP contribution >= 0.6 is 0 Å². The molecule has 0 aromatic carbocycles. The first-order chi connectivity index (χ1) is 6.61. The first-order valence-electron chi connectivity index (χ1n) is 5.29. The van der Waals surface area contributed by atoms with Gasteiger partial charge in [0.15, 0.2) is 0 Å². The van der Waals surface area contributed by atoms with Gasteiger partial charge in [0.1, 0.15) is 0 Å². The third-order valence-electron chi connectivity index (χ3n) is 1.79. The fourth-order valence-electron chi connectivity index (χ4n) is 1.16. The summed E-state index contributed by atoms with van der Waals surface area (Å²) in [6, 6.07) is 0. The lowest BCUT2D eigenvalue weighted by molar-refractivity contribution is 0.696. The van der Waals surface area contributed by atoms with Gasteiger partial charge in [-0.05, 0) is 30.0 Å². The van der Waals surface area contributed by atoms with Gasteiger partial charge in [-0.3, -0.25) is 0 Å². The highest BCUT2D eigenvalue weighted by Gasteiger charge is 2.05. The van der Waals surface area contributed by atoms with Crippen LogP contribution in [-0.4, -0.2) is 13.1 Å². The Labute approximate surface area is 88.6 Å². The minimum atomic E-state index is 0.833. The van der Waals surface area contributed by atoms with Crippen LogP contribution in [0.25, 0.3) is 0 Å². The lowest BCUT2D eigenvalue weighted by Crippen LogP contribution is -2.23. The van der Waals surface area contributed by atoms with Crippen molar-refractivity contribution in [3.8, 4) is 0 Å². The zero-order valence-corrected chi connectivity index (χ0v) is 9.77. The van der Waals surface area contributed by atoms with E-state index in [1.165, 1.54) is 11.1 Å². The Morgan fingerprint density at radius 2 is 1.64 bits per heavy atom. The Morgan fingerprint density at radius 1 is 1.14 bits per heavy atom. The molecule has 14 heavy (non-hydrogen) atoms. The van der Waals surface area contributed by atoms with Crippen molar-refractivity contribution in [2.45, 2.75) is 27.2 Å². The second kappa shape index (κ2) is 7.57. The molecule has 1 aliphatic rings. The van der Waals surface area contributed by atoms with E-state index in [1.54, 1.807) is 0 Å². The van der Waals surface area contributed by atoms with Gasteiger partial charge in [0, 0.05) is 6.54 Å². The minimum Gasteiger partial charge on any atom is -0.312 e. The molecule has 0 bridgehead atoms. The average Bonchev–Trinajstić information content (AvgIpc) is 2.17.